The van der Waals surface area contributed by atoms with Gasteiger partial charge in [-0.3, -0.25) is 0 Å². The first-order chi connectivity index (χ1) is 9.93. The quantitative estimate of drug-likeness (QED) is 0.788. The molecule has 0 bridgehead atoms. The van der Waals surface area contributed by atoms with Crippen LogP contribution in [0, 0.1) is 5.41 Å². The summed E-state index contributed by atoms with van der Waals surface area (Å²) in [6.07, 6.45) is 5.98. The van der Waals surface area contributed by atoms with E-state index in [2.05, 4.69) is 60.2 Å². The Morgan fingerprint density at radius 3 is 2.62 bits per heavy atom. The van der Waals surface area contributed by atoms with Crippen molar-refractivity contribution in [3.8, 4) is 5.75 Å². The normalized spacial score (nSPS) is 26.2. The molecule has 1 fully saturated rings. The highest BCUT2D eigenvalue weighted by Crippen LogP contribution is 2.50. The van der Waals surface area contributed by atoms with Crippen molar-refractivity contribution in [1.82, 2.24) is 5.32 Å². The molecule has 3 heteroatoms. The minimum atomic E-state index is 0.0448. The summed E-state index contributed by atoms with van der Waals surface area (Å²) in [5.74, 6) is 1.08. The topological polar surface area (TPSA) is 21.3 Å². The first-order valence-electron chi connectivity index (χ1n) is 8.15. The standard InChI is InChI=1S/C18H26BrNO/c1-4-20-15-12-18(9-7-17(2,3)8-10-18)21-16-6-5-13(19)11-14(15)16/h5-6,11,15,20H,4,7-10,12H2,1-3H3. The molecule has 1 aliphatic heterocycles. The van der Waals surface area contributed by atoms with Gasteiger partial charge < -0.3 is 10.1 Å². The average molecular weight is 352 g/mol. The van der Waals surface area contributed by atoms with Gasteiger partial charge in [0.25, 0.3) is 0 Å². The van der Waals surface area contributed by atoms with Crippen LogP contribution in [0.15, 0.2) is 22.7 Å². The monoisotopic (exact) mass is 351 g/mol. The van der Waals surface area contributed by atoms with E-state index in [1.165, 1.54) is 31.2 Å². The van der Waals surface area contributed by atoms with Crippen molar-refractivity contribution in [2.75, 3.05) is 6.54 Å². The van der Waals surface area contributed by atoms with Crippen molar-refractivity contribution in [2.24, 2.45) is 5.41 Å². The average Bonchev–Trinajstić information content (AvgIpc) is 2.44. The van der Waals surface area contributed by atoms with Gasteiger partial charge in [0.05, 0.1) is 0 Å². The van der Waals surface area contributed by atoms with E-state index in [0.717, 1.165) is 23.2 Å². The molecule has 1 spiro atoms. The number of ether oxygens (including phenoxy) is 1. The van der Waals surface area contributed by atoms with Crippen LogP contribution >= 0.6 is 15.9 Å². The van der Waals surface area contributed by atoms with Crippen LogP contribution in [0.2, 0.25) is 0 Å². The molecular weight excluding hydrogens is 326 g/mol. The van der Waals surface area contributed by atoms with Gasteiger partial charge in [-0.25, -0.2) is 0 Å². The summed E-state index contributed by atoms with van der Waals surface area (Å²) in [6, 6.07) is 6.85. The molecule has 3 rings (SSSR count). The molecule has 21 heavy (non-hydrogen) atoms. The zero-order valence-corrected chi connectivity index (χ0v) is 14.9. The Kier molecular flexibility index (Phi) is 4.08. The molecule has 1 aromatic carbocycles. The van der Waals surface area contributed by atoms with Gasteiger partial charge in [0.2, 0.25) is 0 Å². The molecule has 0 amide bonds. The van der Waals surface area contributed by atoms with Gasteiger partial charge in [0.15, 0.2) is 0 Å². The molecule has 2 nitrogen and oxygen atoms in total. The Morgan fingerprint density at radius 2 is 1.95 bits per heavy atom. The summed E-state index contributed by atoms with van der Waals surface area (Å²) in [6.45, 7) is 7.95. The number of nitrogens with one attached hydrogen (secondary N) is 1. The second kappa shape index (κ2) is 5.58. The van der Waals surface area contributed by atoms with E-state index < -0.39 is 0 Å². The van der Waals surface area contributed by atoms with E-state index in [4.69, 9.17) is 4.74 Å². The number of rotatable bonds is 2. The van der Waals surface area contributed by atoms with Crippen LogP contribution < -0.4 is 10.1 Å². The van der Waals surface area contributed by atoms with Crippen molar-refractivity contribution in [3.63, 3.8) is 0 Å². The summed E-state index contributed by atoms with van der Waals surface area (Å²) in [4.78, 5) is 0. The fraction of sp³-hybridized carbons (Fsp3) is 0.667. The maximum atomic E-state index is 6.52. The summed E-state index contributed by atoms with van der Waals surface area (Å²) >= 11 is 3.59. The van der Waals surface area contributed by atoms with Gasteiger partial charge >= 0.3 is 0 Å². The summed E-state index contributed by atoms with van der Waals surface area (Å²) in [5.41, 5.74) is 1.83. The maximum absolute atomic E-state index is 6.52. The van der Waals surface area contributed by atoms with Crippen LogP contribution in [0.5, 0.6) is 5.75 Å². The van der Waals surface area contributed by atoms with Crippen molar-refractivity contribution >= 4 is 15.9 Å². The zero-order valence-electron chi connectivity index (χ0n) is 13.3. The predicted octanol–water partition coefficient (Wildman–Crippen LogP) is 5.22. The van der Waals surface area contributed by atoms with Crippen LogP contribution in [0.25, 0.3) is 0 Å². The molecule has 1 saturated carbocycles. The van der Waals surface area contributed by atoms with Crippen molar-refractivity contribution < 1.29 is 4.74 Å². The first kappa shape index (κ1) is 15.4. The number of benzene rings is 1. The van der Waals surface area contributed by atoms with Gasteiger partial charge in [-0.05, 0) is 55.8 Å². The summed E-state index contributed by atoms with van der Waals surface area (Å²) in [5, 5.41) is 3.66. The number of hydrogen-bond donors (Lipinski definition) is 1. The number of halogens is 1. The van der Waals surface area contributed by atoms with Crippen LogP contribution in [0.3, 0.4) is 0 Å². The SMILES string of the molecule is CCNC1CC2(CCC(C)(C)CC2)Oc2ccc(Br)cc21. The minimum Gasteiger partial charge on any atom is -0.487 e. The van der Waals surface area contributed by atoms with Gasteiger partial charge in [-0.1, -0.05) is 36.7 Å². The van der Waals surface area contributed by atoms with Crippen LogP contribution in [0.1, 0.15) is 64.5 Å². The van der Waals surface area contributed by atoms with E-state index in [1.54, 1.807) is 0 Å². The van der Waals surface area contributed by atoms with E-state index in [9.17, 15) is 0 Å². The third kappa shape index (κ3) is 3.14. The molecule has 1 aliphatic carbocycles. The minimum absolute atomic E-state index is 0.0448. The molecule has 1 atom stereocenters. The molecule has 1 N–H and O–H groups in total. The van der Waals surface area contributed by atoms with E-state index in [0.29, 0.717) is 11.5 Å². The smallest absolute Gasteiger partial charge is 0.125 e. The van der Waals surface area contributed by atoms with Gasteiger partial charge in [0, 0.05) is 22.5 Å². The fourth-order valence-electron chi connectivity index (χ4n) is 3.76. The first-order valence-corrected chi connectivity index (χ1v) is 8.94. The molecule has 0 aromatic heterocycles. The van der Waals surface area contributed by atoms with Crippen molar-refractivity contribution in [3.05, 3.63) is 28.2 Å². The highest BCUT2D eigenvalue weighted by molar-refractivity contribution is 9.10. The zero-order chi connectivity index (χ0) is 15.1. The lowest BCUT2D eigenvalue weighted by Crippen LogP contribution is -2.47. The molecule has 1 aromatic rings. The van der Waals surface area contributed by atoms with Crippen LogP contribution in [-0.2, 0) is 0 Å². The molecule has 116 valence electrons. The predicted molar refractivity (Wildman–Crippen MR) is 90.8 cm³/mol. The largest absolute Gasteiger partial charge is 0.487 e. The van der Waals surface area contributed by atoms with Crippen molar-refractivity contribution in [2.45, 2.75) is 64.5 Å². The lowest BCUT2D eigenvalue weighted by atomic mass is 9.68. The lowest BCUT2D eigenvalue weighted by molar-refractivity contribution is -0.0294. The Balaban J connectivity index is 1.89. The van der Waals surface area contributed by atoms with Crippen LogP contribution in [0.4, 0.5) is 0 Å². The second-order valence-corrected chi connectivity index (χ2v) is 8.36. The third-order valence-electron chi connectivity index (χ3n) is 5.22. The Morgan fingerprint density at radius 1 is 1.24 bits per heavy atom. The Hall–Kier alpha value is -0.540. The third-order valence-corrected chi connectivity index (χ3v) is 5.71. The summed E-state index contributed by atoms with van der Waals surface area (Å²) in [7, 11) is 0. The van der Waals surface area contributed by atoms with Crippen LogP contribution in [-0.4, -0.2) is 12.1 Å². The van der Waals surface area contributed by atoms with Gasteiger partial charge in [-0.2, -0.15) is 0 Å². The van der Waals surface area contributed by atoms with E-state index >= 15 is 0 Å². The molecule has 0 saturated heterocycles. The Labute approximate surface area is 136 Å². The number of fused-ring (bicyclic) bond motifs is 1. The van der Waals surface area contributed by atoms with E-state index in [-0.39, 0.29) is 5.60 Å². The highest BCUT2D eigenvalue weighted by atomic mass is 79.9. The molecular formula is C18H26BrNO. The second-order valence-electron chi connectivity index (χ2n) is 7.45. The maximum Gasteiger partial charge on any atom is 0.125 e. The molecule has 2 aliphatic rings. The Bertz CT molecular complexity index is 516. The molecule has 1 unspecified atom stereocenters. The molecule has 1 heterocycles. The highest BCUT2D eigenvalue weighted by Gasteiger charge is 2.45. The van der Waals surface area contributed by atoms with Crippen molar-refractivity contribution in [1.29, 1.82) is 0 Å². The van der Waals surface area contributed by atoms with Gasteiger partial charge in [0.1, 0.15) is 11.4 Å². The fourth-order valence-corrected chi connectivity index (χ4v) is 4.14. The molecule has 0 radical (unpaired) electrons. The summed E-state index contributed by atoms with van der Waals surface area (Å²) < 4.78 is 7.66. The number of hydrogen-bond acceptors (Lipinski definition) is 2. The van der Waals surface area contributed by atoms with Gasteiger partial charge in [-0.15, -0.1) is 0 Å². The lowest BCUT2D eigenvalue weighted by Gasteiger charge is -2.48. The van der Waals surface area contributed by atoms with E-state index in [1.807, 2.05) is 0 Å².